The molecule has 1 heterocycles. The highest BCUT2D eigenvalue weighted by atomic mass is 32.2. The summed E-state index contributed by atoms with van der Waals surface area (Å²) in [5.74, 6) is -14.5. The van der Waals surface area contributed by atoms with E-state index >= 15 is 0 Å². The number of carboxylic acid groups (broad SMARTS) is 2. The number of aliphatic imine (C=N–C) groups is 2. The van der Waals surface area contributed by atoms with Crippen LogP contribution in [-0.2, 0) is 64.0 Å². The van der Waals surface area contributed by atoms with E-state index in [9.17, 15) is 78.0 Å². The molecule has 12 atom stereocenters. The van der Waals surface area contributed by atoms with Gasteiger partial charge in [0.05, 0.1) is 18.6 Å². The van der Waals surface area contributed by atoms with Gasteiger partial charge in [0.25, 0.3) is 0 Å². The van der Waals surface area contributed by atoms with Gasteiger partial charge in [-0.05, 0) is 94.3 Å². The first-order valence-electron chi connectivity index (χ1n) is 29.4. The first-order valence-corrected chi connectivity index (χ1v) is 30.8. The first-order chi connectivity index (χ1) is 42.7. The molecule has 0 aliphatic heterocycles. The van der Waals surface area contributed by atoms with E-state index in [1.165, 1.54) is 18.7 Å². The van der Waals surface area contributed by atoms with Crippen molar-refractivity contribution in [3.63, 3.8) is 0 Å². The summed E-state index contributed by atoms with van der Waals surface area (Å²) in [6.07, 6.45) is -2.89. The van der Waals surface area contributed by atoms with Gasteiger partial charge in [0.15, 0.2) is 11.9 Å². The molecule has 34 nitrogen and oxygen atoms in total. The van der Waals surface area contributed by atoms with Crippen molar-refractivity contribution < 1.29 is 78.0 Å². The van der Waals surface area contributed by atoms with E-state index in [2.05, 4.69) is 62.8 Å². The highest BCUT2D eigenvalue weighted by Gasteiger charge is 2.38. The zero-order valence-electron chi connectivity index (χ0n) is 52.1. The highest BCUT2D eigenvalue weighted by molar-refractivity contribution is 7.98. The van der Waals surface area contributed by atoms with Crippen molar-refractivity contribution in [1.29, 1.82) is 0 Å². The normalized spacial score (nSPS) is 15.2. The van der Waals surface area contributed by atoms with Gasteiger partial charge >= 0.3 is 11.9 Å². The monoisotopic (exact) mass is 1300 g/mol. The fraction of sp³-hybridized carbons (Fsp3) is 0.607. The van der Waals surface area contributed by atoms with Gasteiger partial charge < -0.3 is 108 Å². The Bertz CT molecular complexity index is 2880. The minimum absolute atomic E-state index is 0.00584. The van der Waals surface area contributed by atoms with Crippen LogP contribution >= 0.6 is 11.8 Å². The molecule has 2 aromatic rings. The number of amides is 10. The average molecular weight is 1310 g/mol. The van der Waals surface area contributed by atoms with Crippen LogP contribution in [0, 0.1) is 11.8 Å². The van der Waals surface area contributed by atoms with Gasteiger partial charge in [-0.25, -0.2) is 4.79 Å². The van der Waals surface area contributed by atoms with Crippen LogP contribution in [0.3, 0.4) is 0 Å². The number of primary amides is 1. The summed E-state index contributed by atoms with van der Waals surface area (Å²) >= 11 is 1.34. The number of guanidine groups is 2. The maximum atomic E-state index is 14.6. The van der Waals surface area contributed by atoms with E-state index < -0.39 is 169 Å². The molecular formula is C56H92N18O16S. The molecule has 0 radical (unpaired) electrons. The summed E-state index contributed by atoms with van der Waals surface area (Å²) in [4.78, 5) is 174. The second-order valence-electron chi connectivity index (χ2n) is 22.5. The summed E-state index contributed by atoms with van der Waals surface area (Å²) < 4.78 is 0. The number of carboxylic acids is 2. The SMILES string of the molecule is CSCC[C@H](NC(=O)[C@H](CC(C)C)NC(=O)[C@@H](NC(=O)[C@H](CCC(=O)O)NC(=O)[C@H](CCCN=C(N)N)NC(=O)[C@H](CC(N)=O)NC(=O)[C@H](CCCN=C(N)N)NC(=O)[C@H](Cc1c[nH]c2ccccc12)NC(=O)[C@@H](NC(=O)[C@@H](N)[C@@H](C)O)C(C)C)[C@@H](C)O)C(=O)O. The van der Waals surface area contributed by atoms with Crippen LogP contribution in [0.2, 0.25) is 0 Å². The summed E-state index contributed by atoms with van der Waals surface area (Å²) in [6, 6.07) is -8.87. The number of benzene rings is 1. The van der Waals surface area contributed by atoms with Crippen molar-refractivity contribution in [1.82, 2.24) is 52.8 Å². The number of aliphatic carboxylic acids is 2. The minimum Gasteiger partial charge on any atom is -0.481 e. The Balaban J connectivity index is 2.62. The van der Waals surface area contributed by atoms with Gasteiger partial charge in [-0.1, -0.05) is 45.9 Å². The zero-order valence-corrected chi connectivity index (χ0v) is 52.9. The van der Waals surface area contributed by atoms with Gasteiger partial charge in [-0.15, -0.1) is 0 Å². The second kappa shape index (κ2) is 39.3. The molecule has 26 N–H and O–H groups in total. The third kappa shape index (κ3) is 28.3. The molecule has 1 aromatic heterocycles. The van der Waals surface area contributed by atoms with E-state index in [1.807, 2.05) is 0 Å². The molecule has 0 aliphatic carbocycles. The lowest BCUT2D eigenvalue weighted by Crippen LogP contribution is -2.62. The summed E-state index contributed by atoms with van der Waals surface area (Å²) in [5.41, 5.74) is 34.7. The summed E-state index contributed by atoms with van der Waals surface area (Å²) in [6.45, 7) is 8.80. The van der Waals surface area contributed by atoms with Gasteiger partial charge in [0.2, 0.25) is 59.1 Å². The minimum atomic E-state index is -1.93. The topological polar surface area (TPSA) is 591 Å². The molecule has 35 heteroatoms. The molecule has 0 spiro atoms. The van der Waals surface area contributed by atoms with Crippen molar-refractivity contribution in [2.45, 2.75) is 178 Å². The van der Waals surface area contributed by atoms with E-state index in [0.29, 0.717) is 22.2 Å². The van der Waals surface area contributed by atoms with Crippen LogP contribution in [-0.4, -0.2) is 206 Å². The molecule has 1 aromatic carbocycles. The molecular weight excluding hydrogens is 1210 g/mol. The fourth-order valence-electron chi connectivity index (χ4n) is 8.96. The van der Waals surface area contributed by atoms with Gasteiger partial charge in [-0.2, -0.15) is 11.8 Å². The molecule has 0 unspecified atom stereocenters. The molecule has 0 saturated carbocycles. The highest BCUT2D eigenvalue weighted by Crippen LogP contribution is 2.20. The number of rotatable bonds is 42. The second-order valence-corrected chi connectivity index (χ2v) is 23.5. The Kier molecular flexibility index (Phi) is 33.8. The number of aliphatic hydroxyl groups excluding tert-OH is 2. The summed E-state index contributed by atoms with van der Waals surface area (Å²) in [5, 5.41) is 62.9. The number of fused-ring (bicyclic) bond motifs is 1. The Morgan fingerprint density at radius 2 is 0.989 bits per heavy atom. The number of para-hydroxylation sites is 1. The Labute approximate surface area is 530 Å². The number of hydrogen-bond donors (Lipinski definition) is 20. The van der Waals surface area contributed by atoms with Gasteiger partial charge in [-0.3, -0.25) is 62.7 Å². The van der Waals surface area contributed by atoms with Crippen LogP contribution in [0.25, 0.3) is 10.9 Å². The molecule has 0 aliphatic rings. The van der Waals surface area contributed by atoms with E-state index in [1.54, 1.807) is 64.4 Å². The largest absolute Gasteiger partial charge is 0.481 e. The summed E-state index contributed by atoms with van der Waals surface area (Å²) in [7, 11) is 0. The quantitative estimate of drug-likeness (QED) is 0.0168. The lowest BCUT2D eigenvalue weighted by molar-refractivity contribution is -0.142. The number of carbonyl (C=O) groups excluding carboxylic acids is 10. The molecule has 0 bridgehead atoms. The number of nitrogens with two attached hydrogens (primary N) is 6. The Morgan fingerprint density at radius 3 is 1.47 bits per heavy atom. The molecule has 91 heavy (non-hydrogen) atoms. The fourth-order valence-corrected chi connectivity index (χ4v) is 9.44. The smallest absolute Gasteiger partial charge is 0.326 e. The maximum Gasteiger partial charge on any atom is 0.326 e. The van der Waals surface area contributed by atoms with Crippen molar-refractivity contribution in [2.24, 2.45) is 56.2 Å². The third-order valence-corrected chi connectivity index (χ3v) is 14.5. The standard InChI is InChI=1S/C56H92N18O16S/c1-26(2)22-37(48(83)69-36(54(89)90)18-21-91-7)71-53(88)44(29(6)76)74-47(82)35(16-17-41(78)79)68-45(80)33(14-10-19-63-55(59)60)67-50(85)39(24-40(57)77)70-46(81)34(15-11-20-64-56(61)62)66-49(84)38(23-30-25-65-32-13-9-8-12-31(30)32)72-52(87)43(27(3)4)73-51(86)42(58)28(5)75/h8-9,12-13,25-29,33-39,42-44,65,75-76H,10-11,14-24,58H2,1-7H3,(H2,57,77)(H,66,84)(H,67,85)(H,68,80)(H,69,83)(H,70,81)(H,71,88)(H,72,87)(H,73,86)(H,74,82)(H,78,79)(H,89,90)(H4,59,60,63)(H4,61,62,64)/t28-,29-,33+,34+,35+,36+,37+,38+,39+,42+,43+,44+/m1/s1. The van der Waals surface area contributed by atoms with Crippen LogP contribution in [0.15, 0.2) is 40.4 Å². The average Bonchev–Trinajstić information content (AvgIpc) is 1.87. The molecule has 508 valence electrons. The molecule has 2 rings (SSSR count). The van der Waals surface area contributed by atoms with Crippen LogP contribution in [0.1, 0.15) is 105 Å². The van der Waals surface area contributed by atoms with Crippen LogP contribution in [0.4, 0.5) is 0 Å². The van der Waals surface area contributed by atoms with Crippen molar-refractivity contribution >= 4 is 106 Å². The number of aromatic amines is 1. The number of H-pyrrole nitrogens is 1. The van der Waals surface area contributed by atoms with Crippen molar-refractivity contribution in [3.8, 4) is 0 Å². The zero-order chi connectivity index (χ0) is 68.8. The van der Waals surface area contributed by atoms with E-state index in [4.69, 9.17) is 34.4 Å². The lowest BCUT2D eigenvalue weighted by atomic mass is 9.99. The molecule has 0 saturated heterocycles. The third-order valence-electron chi connectivity index (χ3n) is 13.9. The van der Waals surface area contributed by atoms with E-state index in [0.717, 1.165) is 6.92 Å². The number of nitrogens with zero attached hydrogens (tertiary/aromatic N) is 2. The first kappa shape index (κ1) is 78.3. The predicted octanol–water partition coefficient (Wildman–Crippen LogP) is -5.45. The molecule has 10 amide bonds. The molecule has 0 fully saturated rings. The number of nitrogens with one attached hydrogen (secondary N) is 10. The number of carbonyl (C=O) groups is 12. The maximum absolute atomic E-state index is 14.6. The number of thioether (sulfide) groups is 1. The van der Waals surface area contributed by atoms with Crippen molar-refractivity contribution in [3.05, 3.63) is 36.0 Å². The van der Waals surface area contributed by atoms with Gasteiger partial charge in [0, 0.05) is 43.0 Å². The Hall–Kier alpha value is -8.83. The van der Waals surface area contributed by atoms with Gasteiger partial charge in [0.1, 0.15) is 60.4 Å². The van der Waals surface area contributed by atoms with E-state index in [-0.39, 0.29) is 75.9 Å². The van der Waals surface area contributed by atoms with Crippen LogP contribution in [0.5, 0.6) is 0 Å². The Morgan fingerprint density at radius 1 is 0.538 bits per heavy atom. The number of hydrogen-bond acceptors (Lipinski definition) is 18. The van der Waals surface area contributed by atoms with Crippen molar-refractivity contribution in [2.75, 3.05) is 25.1 Å². The predicted molar refractivity (Wildman–Crippen MR) is 336 cm³/mol. The number of aromatic nitrogens is 1. The lowest BCUT2D eigenvalue weighted by Gasteiger charge is -2.29. The number of aliphatic hydroxyl groups is 2. The van der Waals surface area contributed by atoms with Crippen LogP contribution < -0.4 is 82.3 Å².